The topological polar surface area (TPSA) is 107 Å². The summed E-state index contributed by atoms with van der Waals surface area (Å²) in [6.07, 6.45) is 1.93. The Hall–Kier alpha value is -2.79. The lowest BCUT2D eigenvalue weighted by atomic mass is 10.3. The Labute approximate surface area is 213 Å². The number of nitrogens with one attached hydrogen (secondary N) is 1. The predicted octanol–water partition coefficient (Wildman–Crippen LogP) is 5.37. The van der Waals surface area contributed by atoms with Crippen molar-refractivity contribution >= 4 is 56.2 Å². The van der Waals surface area contributed by atoms with E-state index in [2.05, 4.69) is 17.2 Å². The Kier molecular flexibility index (Phi) is 8.17. The zero-order valence-corrected chi connectivity index (χ0v) is 21.6. The Balaban J connectivity index is 1.51. The number of hydrogen-bond acceptors (Lipinski definition) is 6. The van der Waals surface area contributed by atoms with E-state index in [0.29, 0.717) is 10.7 Å². The first-order chi connectivity index (χ1) is 16.8. The molecule has 0 spiro atoms. The number of imidazole rings is 1. The van der Waals surface area contributed by atoms with Gasteiger partial charge in [0.2, 0.25) is 15.9 Å². The zero-order valence-electron chi connectivity index (χ0n) is 19.2. The largest absolute Gasteiger partial charge is 0.324 e. The van der Waals surface area contributed by atoms with Crippen LogP contribution in [0.25, 0.3) is 11.0 Å². The average molecular weight is 527 g/mol. The SMILES string of the molecule is CCCCn1c(SCC(=O)Nc2ccccc2Sc2ccccc2)nc2cc(S(N)(=O)=O)ccc21. The number of nitrogens with zero attached hydrogens (tertiary/aromatic N) is 2. The van der Waals surface area contributed by atoms with Gasteiger partial charge in [0.1, 0.15) is 0 Å². The summed E-state index contributed by atoms with van der Waals surface area (Å²) < 4.78 is 25.5. The van der Waals surface area contributed by atoms with Gasteiger partial charge in [0.25, 0.3) is 0 Å². The first-order valence-electron chi connectivity index (χ1n) is 11.1. The van der Waals surface area contributed by atoms with E-state index in [1.807, 2.05) is 59.2 Å². The molecule has 4 rings (SSSR count). The molecule has 0 unspecified atom stereocenters. The van der Waals surface area contributed by atoms with E-state index in [9.17, 15) is 13.2 Å². The summed E-state index contributed by atoms with van der Waals surface area (Å²) in [4.78, 5) is 19.5. The van der Waals surface area contributed by atoms with Crippen LogP contribution in [0, 0.1) is 0 Å². The maximum atomic E-state index is 12.8. The van der Waals surface area contributed by atoms with Gasteiger partial charge < -0.3 is 9.88 Å². The van der Waals surface area contributed by atoms with E-state index in [1.165, 1.54) is 23.9 Å². The first-order valence-corrected chi connectivity index (χ1v) is 14.5. The molecule has 0 aliphatic rings. The van der Waals surface area contributed by atoms with E-state index in [1.54, 1.807) is 17.8 Å². The molecule has 0 saturated heterocycles. The van der Waals surface area contributed by atoms with Crippen molar-refractivity contribution in [2.45, 2.75) is 46.2 Å². The summed E-state index contributed by atoms with van der Waals surface area (Å²) in [6.45, 7) is 2.83. The van der Waals surface area contributed by atoms with Crippen molar-refractivity contribution in [2.75, 3.05) is 11.1 Å². The second-order valence-corrected chi connectivity index (χ2v) is 11.5. The van der Waals surface area contributed by atoms with Crippen molar-refractivity contribution in [1.29, 1.82) is 0 Å². The highest BCUT2D eigenvalue weighted by Gasteiger charge is 2.17. The number of thioether (sulfide) groups is 1. The second kappa shape index (κ2) is 11.3. The van der Waals surface area contributed by atoms with Crippen molar-refractivity contribution in [2.24, 2.45) is 5.14 Å². The minimum atomic E-state index is -3.82. The molecule has 1 amide bonds. The number of primary sulfonamides is 1. The molecule has 4 aromatic rings. The Morgan fingerprint density at radius 1 is 1.06 bits per heavy atom. The third-order valence-corrected chi connectivity index (χ3v) is 8.18. The molecule has 182 valence electrons. The maximum Gasteiger partial charge on any atom is 0.238 e. The molecule has 3 aromatic carbocycles. The molecular weight excluding hydrogens is 501 g/mol. The number of carbonyl (C=O) groups is 1. The predicted molar refractivity (Wildman–Crippen MR) is 142 cm³/mol. The molecule has 1 aromatic heterocycles. The fourth-order valence-corrected chi connectivity index (χ4v) is 5.79. The van der Waals surface area contributed by atoms with Gasteiger partial charge in [0.15, 0.2) is 5.16 Å². The number of aromatic nitrogens is 2. The number of carbonyl (C=O) groups excluding carboxylic acids is 1. The molecule has 0 aliphatic carbocycles. The van der Waals surface area contributed by atoms with E-state index in [0.717, 1.165) is 40.4 Å². The van der Waals surface area contributed by atoms with Crippen molar-refractivity contribution in [3.05, 3.63) is 72.8 Å². The standard InChI is InChI=1S/C25H26N4O3S3/c1-2-3-15-29-22-14-13-19(35(26,31)32)16-21(22)28-25(29)33-17-24(30)27-20-11-7-8-12-23(20)34-18-9-5-4-6-10-18/h4-14,16H,2-3,15,17H2,1H3,(H,27,30)(H2,26,31,32). The Morgan fingerprint density at radius 3 is 2.54 bits per heavy atom. The van der Waals surface area contributed by atoms with Crippen LogP contribution >= 0.6 is 23.5 Å². The lowest BCUT2D eigenvalue weighted by Crippen LogP contribution is -2.15. The average Bonchev–Trinajstić information content (AvgIpc) is 3.19. The summed E-state index contributed by atoms with van der Waals surface area (Å²) in [5.74, 6) is 0.0254. The third kappa shape index (κ3) is 6.46. The third-order valence-electron chi connectivity index (χ3n) is 5.21. The smallest absolute Gasteiger partial charge is 0.238 e. The molecule has 7 nitrogen and oxygen atoms in total. The van der Waals surface area contributed by atoms with Crippen LogP contribution in [0.3, 0.4) is 0 Å². The van der Waals surface area contributed by atoms with Gasteiger partial charge >= 0.3 is 0 Å². The highest BCUT2D eigenvalue weighted by molar-refractivity contribution is 8.00. The number of aryl methyl sites for hydroxylation is 1. The fraction of sp³-hybridized carbons (Fsp3) is 0.200. The van der Waals surface area contributed by atoms with Crippen molar-refractivity contribution < 1.29 is 13.2 Å². The molecular formula is C25H26N4O3S3. The van der Waals surface area contributed by atoms with Gasteiger partial charge in [-0.1, -0.05) is 67.2 Å². The number of fused-ring (bicyclic) bond motifs is 1. The van der Waals surface area contributed by atoms with Gasteiger partial charge in [-0.3, -0.25) is 4.79 Å². The normalized spacial score (nSPS) is 11.6. The van der Waals surface area contributed by atoms with E-state index < -0.39 is 10.0 Å². The Bertz CT molecular complexity index is 1440. The fourth-order valence-electron chi connectivity index (χ4n) is 3.50. The lowest BCUT2D eigenvalue weighted by molar-refractivity contribution is -0.113. The van der Waals surface area contributed by atoms with Crippen molar-refractivity contribution in [3.63, 3.8) is 0 Å². The molecule has 0 atom stereocenters. The number of nitrogens with two attached hydrogens (primary N) is 1. The number of anilines is 1. The molecule has 0 saturated carbocycles. The van der Waals surface area contributed by atoms with Crippen molar-refractivity contribution in [1.82, 2.24) is 9.55 Å². The summed E-state index contributed by atoms with van der Waals surface area (Å²) in [7, 11) is -3.82. The van der Waals surface area contributed by atoms with Gasteiger partial charge in [-0.05, 0) is 48.9 Å². The first kappa shape index (κ1) is 25.3. The van der Waals surface area contributed by atoms with Crippen LogP contribution in [0.1, 0.15) is 19.8 Å². The number of benzene rings is 3. The van der Waals surface area contributed by atoms with Gasteiger partial charge in [-0.2, -0.15) is 0 Å². The van der Waals surface area contributed by atoms with Crippen LogP contribution in [0.2, 0.25) is 0 Å². The zero-order chi connectivity index (χ0) is 24.8. The van der Waals surface area contributed by atoms with E-state index in [-0.39, 0.29) is 16.6 Å². The molecule has 0 aliphatic heterocycles. The summed E-state index contributed by atoms with van der Waals surface area (Å²) in [5, 5.41) is 8.96. The van der Waals surface area contributed by atoms with Crippen LogP contribution < -0.4 is 10.5 Å². The van der Waals surface area contributed by atoms with Gasteiger partial charge in [0, 0.05) is 16.3 Å². The molecule has 10 heteroatoms. The second-order valence-electron chi connectivity index (χ2n) is 7.84. The maximum absolute atomic E-state index is 12.8. The summed E-state index contributed by atoms with van der Waals surface area (Å²) in [6, 6.07) is 22.4. The Morgan fingerprint density at radius 2 is 1.80 bits per heavy atom. The quantitative estimate of drug-likeness (QED) is 0.269. The number of amides is 1. The van der Waals surface area contributed by atoms with Crippen LogP contribution in [-0.2, 0) is 21.4 Å². The minimum absolute atomic E-state index is 0.0203. The number of hydrogen-bond donors (Lipinski definition) is 2. The molecule has 0 fully saturated rings. The minimum Gasteiger partial charge on any atom is -0.324 e. The molecule has 1 heterocycles. The highest BCUT2D eigenvalue weighted by atomic mass is 32.2. The van der Waals surface area contributed by atoms with Crippen molar-refractivity contribution in [3.8, 4) is 0 Å². The number of para-hydroxylation sites is 1. The van der Waals surface area contributed by atoms with Gasteiger partial charge in [0.05, 0.1) is 27.4 Å². The van der Waals surface area contributed by atoms with E-state index in [4.69, 9.17) is 5.14 Å². The van der Waals surface area contributed by atoms with Crippen LogP contribution in [0.4, 0.5) is 5.69 Å². The molecule has 0 radical (unpaired) electrons. The van der Waals surface area contributed by atoms with Gasteiger partial charge in [-0.25, -0.2) is 18.5 Å². The monoisotopic (exact) mass is 526 g/mol. The van der Waals surface area contributed by atoms with Crippen LogP contribution in [0.15, 0.2) is 92.6 Å². The van der Waals surface area contributed by atoms with Gasteiger partial charge in [-0.15, -0.1) is 0 Å². The number of unbranched alkanes of at least 4 members (excludes halogenated alkanes) is 1. The molecule has 3 N–H and O–H groups in total. The van der Waals surface area contributed by atoms with E-state index >= 15 is 0 Å². The highest BCUT2D eigenvalue weighted by Crippen LogP contribution is 2.33. The molecule has 35 heavy (non-hydrogen) atoms. The summed E-state index contributed by atoms with van der Waals surface area (Å²) >= 11 is 2.92. The number of sulfonamides is 1. The lowest BCUT2D eigenvalue weighted by Gasteiger charge is -2.11. The van der Waals surface area contributed by atoms with Crippen LogP contribution in [-0.4, -0.2) is 29.6 Å². The summed E-state index contributed by atoms with van der Waals surface area (Å²) in [5.41, 5.74) is 2.11. The molecule has 0 bridgehead atoms. The number of rotatable bonds is 10. The van der Waals surface area contributed by atoms with Crippen LogP contribution in [0.5, 0.6) is 0 Å².